The van der Waals surface area contributed by atoms with Gasteiger partial charge in [0.05, 0.1) is 0 Å². The van der Waals surface area contributed by atoms with Gasteiger partial charge in [0.1, 0.15) is 0 Å². The third-order valence-corrected chi connectivity index (χ3v) is 1.77. The minimum Gasteiger partial charge on any atom is -0.0930 e. The summed E-state index contributed by atoms with van der Waals surface area (Å²) in [6.45, 7) is 2.02. The van der Waals surface area contributed by atoms with Crippen molar-refractivity contribution in [2.75, 3.05) is 6.26 Å². The van der Waals surface area contributed by atoms with Crippen LogP contribution in [0.3, 0.4) is 0 Å². The van der Waals surface area contributed by atoms with Crippen molar-refractivity contribution in [1.29, 1.82) is 0 Å². The van der Waals surface area contributed by atoms with E-state index in [1.54, 1.807) is 21.6 Å². The molecular weight excluding hydrogens is 112 g/mol. The van der Waals surface area contributed by atoms with Crippen molar-refractivity contribution in [3.63, 3.8) is 0 Å². The predicted octanol–water partition coefficient (Wildman–Crippen LogP) is 2.53. The van der Waals surface area contributed by atoms with E-state index in [9.17, 15) is 0 Å². The number of allylic oxidation sites excluding steroid dienone is 1. The van der Waals surface area contributed by atoms with Gasteiger partial charge in [-0.25, -0.2) is 0 Å². The molecule has 0 atom stereocenters. The first-order valence-electron chi connectivity index (χ1n) is 1.72. The molecule has 0 aromatic carbocycles. The lowest BCUT2D eigenvalue weighted by molar-refractivity contribution is 1.79. The number of rotatable bonds is 2. The van der Waals surface area contributed by atoms with E-state index in [0.29, 0.717) is 0 Å². The van der Waals surface area contributed by atoms with Gasteiger partial charge in [-0.2, -0.15) is 0 Å². The SMILES string of the molecule is CC=CSSC. The standard InChI is InChI=1S/C4H8S2/c1-3-4-6-5-2/h3-4H,1-2H3. The summed E-state index contributed by atoms with van der Waals surface area (Å²) in [4.78, 5) is 0. The highest BCUT2D eigenvalue weighted by molar-refractivity contribution is 8.77. The zero-order valence-electron chi connectivity index (χ0n) is 3.97. The molecule has 0 saturated heterocycles. The van der Waals surface area contributed by atoms with Crippen LogP contribution in [0.15, 0.2) is 11.5 Å². The van der Waals surface area contributed by atoms with E-state index in [2.05, 4.69) is 11.7 Å². The van der Waals surface area contributed by atoms with E-state index in [-0.39, 0.29) is 0 Å². The Morgan fingerprint density at radius 2 is 2.17 bits per heavy atom. The maximum absolute atomic E-state index is 2.06. The van der Waals surface area contributed by atoms with Gasteiger partial charge in [-0.15, -0.1) is 0 Å². The molecule has 0 aliphatic rings. The molecule has 0 N–H and O–H groups in total. The van der Waals surface area contributed by atoms with E-state index in [4.69, 9.17) is 0 Å². The average molecular weight is 120 g/mol. The molecule has 0 nitrogen and oxygen atoms in total. The van der Waals surface area contributed by atoms with Crippen LogP contribution in [0.4, 0.5) is 0 Å². The van der Waals surface area contributed by atoms with Crippen LogP contribution in [0.2, 0.25) is 0 Å². The van der Waals surface area contributed by atoms with Gasteiger partial charge in [0.15, 0.2) is 0 Å². The number of hydrogen-bond acceptors (Lipinski definition) is 2. The quantitative estimate of drug-likeness (QED) is 0.514. The third-order valence-electron chi connectivity index (χ3n) is 0.288. The monoisotopic (exact) mass is 120 g/mol. The topological polar surface area (TPSA) is 0 Å². The van der Waals surface area contributed by atoms with E-state index in [0.717, 1.165) is 0 Å². The molecule has 0 aliphatic heterocycles. The van der Waals surface area contributed by atoms with E-state index in [1.807, 2.05) is 13.0 Å². The van der Waals surface area contributed by atoms with Gasteiger partial charge in [0.25, 0.3) is 0 Å². The normalized spacial score (nSPS) is 10.3. The summed E-state index contributed by atoms with van der Waals surface area (Å²) in [6, 6.07) is 0. The van der Waals surface area contributed by atoms with Gasteiger partial charge >= 0.3 is 0 Å². The molecule has 0 unspecified atom stereocenters. The van der Waals surface area contributed by atoms with E-state index < -0.39 is 0 Å². The molecule has 0 amide bonds. The maximum atomic E-state index is 2.06. The van der Waals surface area contributed by atoms with Gasteiger partial charge in [-0.3, -0.25) is 0 Å². The first-order chi connectivity index (χ1) is 2.91. The van der Waals surface area contributed by atoms with E-state index in [1.165, 1.54) is 0 Å². The molecule has 0 aromatic heterocycles. The maximum Gasteiger partial charge on any atom is -0.00759 e. The minimum absolute atomic E-state index is 1.74. The molecule has 0 aliphatic carbocycles. The Labute approximate surface area is 46.8 Å². The predicted molar refractivity (Wildman–Crippen MR) is 35.9 cm³/mol. The highest BCUT2D eigenvalue weighted by atomic mass is 33.1. The molecule has 0 spiro atoms. The molecule has 36 valence electrons. The third kappa shape index (κ3) is 4.44. The molecule has 0 radical (unpaired) electrons. The summed E-state index contributed by atoms with van der Waals surface area (Å²) >= 11 is 0. The molecule has 0 rings (SSSR count). The fourth-order valence-corrected chi connectivity index (χ4v) is 1.00. The summed E-state index contributed by atoms with van der Waals surface area (Å²) in [7, 11) is 3.50. The van der Waals surface area contributed by atoms with Gasteiger partial charge in [0, 0.05) is 0 Å². The summed E-state index contributed by atoms with van der Waals surface area (Å²) in [5, 5.41) is 2.06. The smallest absolute Gasteiger partial charge is 0.00759 e. The molecule has 0 heterocycles. The van der Waals surface area contributed by atoms with Crippen molar-refractivity contribution < 1.29 is 0 Å². The Kier molecular flexibility index (Phi) is 5.84. The molecule has 0 saturated carbocycles. The first-order valence-corrected chi connectivity index (χ1v) is 4.34. The second-order valence-corrected chi connectivity index (χ2v) is 3.11. The Morgan fingerprint density at radius 3 is 2.33 bits per heavy atom. The van der Waals surface area contributed by atoms with Crippen molar-refractivity contribution >= 4 is 21.6 Å². The Balaban J connectivity index is 2.66. The Morgan fingerprint density at radius 1 is 1.50 bits per heavy atom. The van der Waals surface area contributed by atoms with Crippen molar-refractivity contribution in [2.45, 2.75) is 6.92 Å². The zero-order chi connectivity index (χ0) is 4.83. The molecule has 0 aromatic rings. The van der Waals surface area contributed by atoms with Crippen molar-refractivity contribution in [2.24, 2.45) is 0 Å². The minimum atomic E-state index is 1.74. The van der Waals surface area contributed by atoms with Crippen molar-refractivity contribution in [1.82, 2.24) is 0 Å². The lowest BCUT2D eigenvalue weighted by atomic mass is 10.8. The lowest BCUT2D eigenvalue weighted by Gasteiger charge is -1.76. The molecular formula is C4H8S2. The van der Waals surface area contributed by atoms with E-state index >= 15 is 0 Å². The second kappa shape index (κ2) is 5.44. The highest BCUT2D eigenvalue weighted by Crippen LogP contribution is 2.16. The van der Waals surface area contributed by atoms with Crippen LogP contribution in [0.25, 0.3) is 0 Å². The second-order valence-electron chi connectivity index (χ2n) is 0.732. The van der Waals surface area contributed by atoms with Crippen LogP contribution in [0.1, 0.15) is 6.92 Å². The highest BCUT2D eigenvalue weighted by Gasteiger charge is 1.64. The largest absolute Gasteiger partial charge is 0.0930 e. The zero-order valence-corrected chi connectivity index (χ0v) is 5.60. The summed E-state index contributed by atoms with van der Waals surface area (Å²) in [6.07, 6.45) is 4.09. The van der Waals surface area contributed by atoms with Crippen molar-refractivity contribution in [3.8, 4) is 0 Å². The van der Waals surface area contributed by atoms with Crippen LogP contribution in [-0.2, 0) is 0 Å². The molecule has 6 heavy (non-hydrogen) atoms. The Hall–Kier alpha value is 0.440. The van der Waals surface area contributed by atoms with Gasteiger partial charge in [-0.1, -0.05) is 27.7 Å². The van der Waals surface area contributed by atoms with Crippen LogP contribution in [-0.4, -0.2) is 6.26 Å². The molecule has 0 bridgehead atoms. The molecule has 2 heteroatoms. The van der Waals surface area contributed by atoms with Crippen LogP contribution < -0.4 is 0 Å². The summed E-state index contributed by atoms with van der Waals surface area (Å²) in [5.41, 5.74) is 0. The van der Waals surface area contributed by atoms with Gasteiger partial charge < -0.3 is 0 Å². The average Bonchev–Trinajstić information content (AvgIpc) is 1.61. The van der Waals surface area contributed by atoms with Crippen LogP contribution in [0.5, 0.6) is 0 Å². The van der Waals surface area contributed by atoms with Crippen LogP contribution in [0, 0.1) is 0 Å². The Bertz CT molecular complexity index is 40.8. The summed E-state index contributed by atoms with van der Waals surface area (Å²) in [5.74, 6) is 0. The van der Waals surface area contributed by atoms with Gasteiger partial charge in [0.2, 0.25) is 0 Å². The lowest BCUT2D eigenvalue weighted by Crippen LogP contribution is -1.35. The summed E-state index contributed by atoms with van der Waals surface area (Å²) < 4.78 is 0. The first kappa shape index (κ1) is 6.44. The molecule has 0 fully saturated rings. The number of hydrogen-bond donors (Lipinski definition) is 0. The fourth-order valence-electron chi connectivity index (χ4n) is 0.111. The fraction of sp³-hybridized carbons (Fsp3) is 0.500. The van der Waals surface area contributed by atoms with Crippen LogP contribution >= 0.6 is 21.6 Å². The van der Waals surface area contributed by atoms with Crippen molar-refractivity contribution in [3.05, 3.63) is 11.5 Å². The van der Waals surface area contributed by atoms with Gasteiger partial charge in [-0.05, 0) is 18.6 Å².